The molecule has 1 aliphatic rings. The second-order valence-corrected chi connectivity index (χ2v) is 5.00. The van der Waals surface area contributed by atoms with Gasteiger partial charge in [-0.15, -0.1) is 0 Å². The number of hydrogen-bond acceptors (Lipinski definition) is 3. The minimum Gasteiger partial charge on any atom is -0.354 e. The largest absolute Gasteiger partial charge is 0.354 e. The Bertz CT molecular complexity index is 351. The molecule has 0 aromatic heterocycles. The Labute approximate surface area is 102 Å². The van der Waals surface area contributed by atoms with Crippen molar-refractivity contribution >= 4 is 11.8 Å². The van der Waals surface area contributed by atoms with Crippen molar-refractivity contribution in [3.63, 3.8) is 0 Å². The zero-order valence-electron chi connectivity index (χ0n) is 10.6. The molecular formula is C12H19N3O2. The number of rotatable bonds is 4. The van der Waals surface area contributed by atoms with Gasteiger partial charge in [-0.3, -0.25) is 9.59 Å². The van der Waals surface area contributed by atoms with Crippen molar-refractivity contribution in [3.8, 4) is 6.07 Å². The Morgan fingerprint density at radius 1 is 1.47 bits per heavy atom. The highest BCUT2D eigenvalue weighted by Crippen LogP contribution is 2.44. The van der Waals surface area contributed by atoms with Gasteiger partial charge >= 0.3 is 0 Å². The number of carbonyl (C=O) groups excluding carboxylic acids is 2. The lowest BCUT2D eigenvalue weighted by molar-refractivity contribution is -0.134. The minimum atomic E-state index is -0.847. The molecule has 1 aliphatic carbocycles. The molecule has 0 aromatic carbocycles. The van der Waals surface area contributed by atoms with Crippen molar-refractivity contribution < 1.29 is 9.59 Å². The first-order valence-corrected chi connectivity index (χ1v) is 5.81. The maximum absolute atomic E-state index is 11.8. The van der Waals surface area contributed by atoms with Gasteiger partial charge in [-0.25, -0.2) is 0 Å². The fourth-order valence-electron chi connectivity index (χ4n) is 2.13. The molecule has 0 saturated heterocycles. The average molecular weight is 237 g/mol. The molecule has 0 spiro atoms. The van der Waals surface area contributed by atoms with Crippen molar-refractivity contribution in [1.82, 2.24) is 10.2 Å². The second kappa shape index (κ2) is 5.17. The normalized spacial score (nSPS) is 26.6. The van der Waals surface area contributed by atoms with Gasteiger partial charge < -0.3 is 10.2 Å². The van der Waals surface area contributed by atoms with E-state index in [0.29, 0.717) is 25.3 Å². The molecule has 0 unspecified atom stereocenters. The molecule has 1 N–H and O–H groups in total. The van der Waals surface area contributed by atoms with E-state index in [0.717, 1.165) is 0 Å². The van der Waals surface area contributed by atoms with E-state index in [4.69, 9.17) is 5.26 Å². The van der Waals surface area contributed by atoms with Crippen molar-refractivity contribution in [2.24, 2.45) is 11.3 Å². The molecule has 0 radical (unpaired) electrons. The Morgan fingerprint density at radius 3 is 2.47 bits per heavy atom. The molecule has 0 aromatic rings. The molecule has 94 valence electrons. The van der Waals surface area contributed by atoms with Crippen molar-refractivity contribution in [3.05, 3.63) is 0 Å². The summed E-state index contributed by atoms with van der Waals surface area (Å²) in [5.41, 5.74) is -0.847. The summed E-state index contributed by atoms with van der Waals surface area (Å²) in [5.74, 6) is 0.173. The molecule has 2 amide bonds. The fourth-order valence-corrected chi connectivity index (χ4v) is 2.13. The lowest BCUT2D eigenvalue weighted by Gasteiger charge is -2.39. The van der Waals surface area contributed by atoms with E-state index in [1.165, 1.54) is 4.90 Å². The van der Waals surface area contributed by atoms with Gasteiger partial charge in [-0.05, 0) is 18.8 Å². The molecule has 0 atom stereocenters. The average Bonchev–Trinajstić information content (AvgIpc) is 2.23. The number of hydrogen-bond donors (Lipinski definition) is 1. The standard InChI is InChI=1S/C12H19N3O2/c1-9-6-12(7-9,8-13)11(17)14-5-4-10(16)15(2)3/h9H,4-7H2,1-3H3,(H,14,17). The Hall–Kier alpha value is -1.57. The topological polar surface area (TPSA) is 73.2 Å². The molecular weight excluding hydrogens is 218 g/mol. The van der Waals surface area contributed by atoms with Gasteiger partial charge in [0.15, 0.2) is 0 Å². The summed E-state index contributed by atoms with van der Waals surface area (Å²) in [6.45, 7) is 2.33. The van der Waals surface area contributed by atoms with Gasteiger partial charge in [0.05, 0.1) is 6.07 Å². The van der Waals surface area contributed by atoms with E-state index in [2.05, 4.69) is 11.4 Å². The van der Waals surface area contributed by atoms with E-state index in [1.807, 2.05) is 6.92 Å². The first-order chi connectivity index (χ1) is 7.91. The van der Waals surface area contributed by atoms with Crippen LogP contribution in [0.5, 0.6) is 0 Å². The van der Waals surface area contributed by atoms with Crippen LogP contribution in [0.3, 0.4) is 0 Å². The summed E-state index contributed by atoms with van der Waals surface area (Å²) in [5, 5.41) is 11.7. The third-order valence-corrected chi connectivity index (χ3v) is 3.17. The molecule has 1 fully saturated rings. The van der Waals surface area contributed by atoms with Gasteiger partial charge in [-0.1, -0.05) is 6.92 Å². The summed E-state index contributed by atoms with van der Waals surface area (Å²) in [7, 11) is 3.35. The number of nitrogens with one attached hydrogen (secondary N) is 1. The van der Waals surface area contributed by atoms with E-state index in [1.54, 1.807) is 14.1 Å². The predicted molar refractivity (Wildman–Crippen MR) is 62.8 cm³/mol. The number of amides is 2. The van der Waals surface area contributed by atoms with Gasteiger partial charge in [0.1, 0.15) is 5.41 Å². The van der Waals surface area contributed by atoms with Gasteiger partial charge in [-0.2, -0.15) is 5.26 Å². The molecule has 0 bridgehead atoms. The van der Waals surface area contributed by atoms with Crippen LogP contribution < -0.4 is 5.32 Å². The van der Waals surface area contributed by atoms with Crippen LogP contribution in [0.2, 0.25) is 0 Å². The van der Waals surface area contributed by atoms with Crippen molar-refractivity contribution in [2.45, 2.75) is 26.2 Å². The van der Waals surface area contributed by atoms with Gasteiger partial charge in [0.25, 0.3) is 0 Å². The maximum atomic E-state index is 11.8. The third kappa shape index (κ3) is 2.96. The summed E-state index contributed by atoms with van der Waals surface area (Å²) in [4.78, 5) is 24.6. The summed E-state index contributed by atoms with van der Waals surface area (Å²) in [6, 6.07) is 2.10. The molecule has 5 nitrogen and oxygen atoms in total. The summed E-state index contributed by atoms with van der Waals surface area (Å²) in [6.07, 6.45) is 1.52. The minimum absolute atomic E-state index is 0.0294. The monoisotopic (exact) mass is 237 g/mol. The highest BCUT2D eigenvalue weighted by atomic mass is 16.2. The quantitative estimate of drug-likeness (QED) is 0.774. The van der Waals surface area contributed by atoms with E-state index in [9.17, 15) is 9.59 Å². The molecule has 17 heavy (non-hydrogen) atoms. The van der Waals surface area contributed by atoms with E-state index >= 15 is 0 Å². The highest BCUT2D eigenvalue weighted by molar-refractivity contribution is 5.87. The van der Waals surface area contributed by atoms with E-state index in [-0.39, 0.29) is 18.2 Å². The zero-order chi connectivity index (χ0) is 13.1. The highest BCUT2D eigenvalue weighted by Gasteiger charge is 2.48. The molecule has 1 rings (SSSR count). The zero-order valence-corrected chi connectivity index (χ0v) is 10.6. The molecule has 0 heterocycles. The number of nitrogens with zero attached hydrogens (tertiary/aromatic N) is 2. The van der Waals surface area contributed by atoms with Crippen LogP contribution in [-0.2, 0) is 9.59 Å². The Kier molecular flexibility index (Phi) is 4.11. The number of nitriles is 1. The SMILES string of the molecule is CC1CC(C#N)(C(=O)NCCC(=O)N(C)C)C1. The van der Waals surface area contributed by atoms with Gasteiger partial charge in [0, 0.05) is 27.1 Å². The van der Waals surface area contributed by atoms with Crippen molar-refractivity contribution in [1.29, 1.82) is 5.26 Å². The smallest absolute Gasteiger partial charge is 0.240 e. The lowest BCUT2D eigenvalue weighted by Crippen LogP contribution is -2.48. The molecule has 5 heteroatoms. The summed E-state index contributed by atoms with van der Waals surface area (Å²) >= 11 is 0. The van der Waals surface area contributed by atoms with E-state index < -0.39 is 5.41 Å². The van der Waals surface area contributed by atoms with Crippen LogP contribution in [0.15, 0.2) is 0 Å². The summed E-state index contributed by atoms with van der Waals surface area (Å²) < 4.78 is 0. The first-order valence-electron chi connectivity index (χ1n) is 5.81. The second-order valence-electron chi connectivity index (χ2n) is 5.00. The Morgan fingerprint density at radius 2 is 2.06 bits per heavy atom. The van der Waals surface area contributed by atoms with Crippen LogP contribution >= 0.6 is 0 Å². The van der Waals surface area contributed by atoms with Crippen LogP contribution in [-0.4, -0.2) is 37.4 Å². The van der Waals surface area contributed by atoms with Gasteiger partial charge in [0.2, 0.25) is 11.8 Å². The Balaban J connectivity index is 2.36. The molecule has 0 aliphatic heterocycles. The van der Waals surface area contributed by atoms with Crippen LogP contribution in [0.1, 0.15) is 26.2 Å². The predicted octanol–water partition coefficient (Wildman–Crippen LogP) is 0.521. The maximum Gasteiger partial charge on any atom is 0.240 e. The molecule has 1 saturated carbocycles. The van der Waals surface area contributed by atoms with Crippen LogP contribution in [0.25, 0.3) is 0 Å². The van der Waals surface area contributed by atoms with Crippen LogP contribution in [0, 0.1) is 22.7 Å². The van der Waals surface area contributed by atoms with Crippen molar-refractivity contribution in [2.75, 3.05) is 20.6 Å². The fraction of sp³-hybridized carbons (Fsp3) is 0.750. The van der Waals surface area contributed by atoms with Crippen LogP contribution in [0.4, 0.5) is 0 Å². The lowest BCUT2D eigenvalue weighted by atomic mass is 9.63. The third-order valence-electron chi connectivity index (χ3n) is 3.17. The first kappa shape index (κ1) is 13.5. The number of carbonyl (C=O) groups is 2.